The first-order valence-electron chi connectivity index (χ1n) is 6.46. The summed E-state index contributed by atoms with van der Waals surface area (Å²) in [5.74, 6) is 0.897. The lowest BCUT2D eigenvalue weighted by Crippen LogP contribution is -2.28. The standard InChI is InChI=1S/C13H22N4O2/c1-10(2)8-15-13(18)11-7-12(17-9-16-11)14-5-4-6-19-3/h7,9-10H,4-6,8H2,1-3H3,(H,15,18)(H,14,16,17). The van der Waals surface area contributed by atoms with Gasteiger partial charge in [0.25, 0.3) is 5.91 Å². The second kappa shape index (κ2) is 8.42. The molecule has 0 aliphatic rings. The van der Waals surface area contributed by atoms with Gasteiger partial charge < -0.3 is 15.4 Å². The lowest BCUT2D eigenvalue weighted by Gasteiger charge is -2.08. The van der Waals surface area contributed by atoms with Crippen LogP contribution < -0.4 is 10.6 Å². The molecule has 106 valence electrons. The molecule has 0 saturated heterocycles. The number of nitrogens with zero attached hydrogens (tertiary/aromatic N) is 2. The minimum absolute atomic E-state index is 0.170. The van der Waals surface area contributed by atoms with Crippen molar-refractivity contribution in [1.82, 2.24) is 15.3 Å². The van der Waals surface area contributed by atoms with Crippen molar-refractivity contribution in [2.24, 2.45) is 5.92 Å². The number of hydrogen-bond acceptors (Lipinski definition) is 5. The Balaban J connectivity index is 2.49. The Bertz CT molecular complexity index is 396. The highest BCUT2D eigenvalue weighted by atomic mass is 16.5. The summed E-state index contributed by atoms with van der Waals surface area (Å²) in [4.78, 5) is 19.9. The Kier molecular flexibility index (Phi) is 6.81. The van der Waals surface area contributed by atoms with Gasteiger partial charge in [0.2, 0.25) is 0 Å². The number of anilines is 1. The molecule has 0 unspecified atom stereocenters. The molecule has 1 heterocycles. The van der Waals surface area contributed by atoms with E-state index in [2.05, 4.69) is 20.6 Å². The number of carbonyl (C=O) groups is 1. The Morgan fingerprint density at radius 2 is 2.21 bits per heavy atom. The van der Waals surface area contributed by atoms with E-state index in [9.17, 15) is 4.79 Å². The number of amides is 1. The zero-order valence-electron chi connectivity index (χ0n) is 11.8. The van der Waals surface area contributed by atoms with Crippen LogP contribution in [0, 0.1) is 5.92 Å². The van der Waals surface area contributed by atoms with Crippen LogP contribution in [0.25, 0.3) is 0 Å². The van der Waals surface area contributed by atoms with E-state index >= 15 is 0 Å². The number of methoxy groups -OCH3 is 1. The molecule has 0 fully saturated rings. The van der Waals surface area contributed by atoms with Crippen LogP contribution in [-0.2, 0) is 4.74 Å². The van der Waals surface area contributed by atoms with Gasteiger partial charge in [-0.2, -0.15) is 0 Å². The van der Waals surface area contributed by atoms with E-state index in [0.29, 0.717) is 30.6 Å². The molecule has 0 aliphatic carbocycles. The van der Waals surface area contributed by atoms with Crippen LogP contribution in [0.2, 0.25) is 0 Å². The first-order chi connectivity index (χ1) is 9.13. The Labute approximate surface area is 114 Å². The topological polar surface area (TPSA) is 76.1 Å². The van der Waals surface area contributed by atoms with Crippen LogP contribution in [0.4, 0.5) is 5.82 Å². The second-order valence-corrected chi connectivity index (χ2v) is 4.67. The normalized spacial score (nSPS) is 10.5. The van der Waals surface area contributed by atoms with Gasteiger partial charge in [-0.3, -0.25) is 4.79 Å². The fraction of sp³-hybridized carbons (Fsp3) is 0.615. The highest BCUT2D eigenvalue weighted by molar-refractivity contribution is 5.92. The quantitative estimate of drug-likeness (QED) is 0.694. The maximum Gasteiger partial charge on any atom is 0.270 e. The molecular formula is C13H22N4O2. The molecule has 1 rings (SSSR count). The van der Waals surface area contributed by atoms with Crippen molar-refractivity contribution in [3.05, 3.63) is 18.1 Å². The van der Waals surface area contributed by atoms with E-state index < -0.39 is 0 Å². The van der Waals surface area contributed by atoms with E-state index in [4.69, 9.17) is 4.74 Å². The fourth-order valence-corrected chi connectivity index (χ4v) is 1.40. The van der Waals surface area contributed by atoms with Gasteiger partial charge in [-0.15, -0.1) is 0 Å². The highest BCUT2D eigenvalue weighted by Gasteiger charge is 2.08. The number of rotatable bonds is 8. The number of carbonyl (C=O) groups excluding carboxylic acids is 1. The number of aromatic nitrogens is 2. The van der Waals surface area contributed by atoms with Gasteiger partial charge in [-0.1, -0.05) is 13.8 Å². The van der Waals surface area contributed by atoms with Crippen LogP contribution >= 0.6 is 0 Å². The van der Waals surface area contributed by atoms with Gasteiger partial charge in [0.1, 0.15) is 17.8 Å². The van der Waals surface area contributed by atoms with Crippen molar-refractivity contribution in [3.8, 4) is 0 Å². The average Bonchev–Trinajstić information content (AvgIpc) is 2.41. The van der Waals surface area contributed by atoms with Crippen molar-refractivity contribution < 1.29 is 9.53 Å². The number of hydrogen-bond donors (Lipinski definition) is 2. The third kappa shape index (κ3) is 6.15. The fourth-order valence-electron chi connectivity index (χ4n) is 1.40. The molecule has 1 aromatic rings. The van der Waals surface area contributed by atoms with E-state index in [-0.39, 0.29) is 5.91 Å². The van der Waals surface area contributed by atoms with Crippen LogP contribution in [0.3, 0.4) is 0 Å². The monoisotopic (exact) mass is 266 g/mol. The largest absolute Gasteiger partial charge is 0.385 e. The molecule has 1 amide bonds. The third-order valence-electron chi connectivity index (χ3n) is 2.40. The van der Waals surface area contributed by atoms with E-state index in [1.807, 2.05) is 13.8 Å². The van der Waals surface area contributed by atoms with Crippen molar-refractivity contribution in [1.29, 1.82) is 0 Å². The first-order valence-corrected chi connectivity index (χ1v) is 6.46. The molecule has 0 aromatic carbocycles. The zero-order chi connectivity index (χ0) is 14.1. The zero-order valence-corrected chi connectivity index (χ0v) is 11.8. The van der Waals surface area contributed by atoms with Gasteiger partial charge in [0.05, 0.1) is 0 Å². The molecule has 1 aromatic heterocycles. The molecule has 2 N–H and O–H groups in total. The first kappa shape index (κ1) is 15.4. The van der Waals surface area contributed by atoms with Crippen molar-refractivity contribution in [2.45, 2.75) is 20.3 Å². The van der Waals surface area contributed by atoms with Crippen LogP contribution in [0.5, 0.6) is 0 Å². The molecule has 0 aliphatic heterocycles. The lowest BCUT2D eigenvalue weighted by molar-refractivity contribution is 0.0944. The molecule has 0 atom stereocenters. The maximum absolute atomic E-state index is 11.8. The molecule has 0 spiro atoms. The van der Waals surface area contributed by atoms with Crippen molar-refractivity contribution in [2.75, 3.05) is 32.1 Å². The summed E-state index contributed by atoms with van der Waals surface area (Å²) in [6, 6.07) is 1.66. The highest BCUT2D eigenvalue weighted by Crippen LogP contribution is 2.04. The summed E-state index contributed by atoms with van der Waals surface area (Å²) < 4.78 is 4.96. The molecule has 0 saturated carbocycles. The van der Waals surface area contributed by atoms with Gasteiger partial charge in [0.15, 0.2) is 0 Å². The molecule has 0 bridgehead atoms. The summed E-state index contributed by atoms with van der Waals surface area (Å²) in [6.07, 6.45) is 2.28. The minimum Gasteiger partial charge on any atom is -0.385 e. The van der Waals surface area contributed by atoms with Gasteiger partial charge in [-0.05, 0) is 12.3 Å². The predicted molar refractivity (Wildman–Crippen MR) is 74.2 cm³/mol. The second-order valence-electron chi connectivity index (χ2n) is 4.67. The number of ether oxygens (including phenoxy) is 1. The van der Waals surface area contributed by atoms with E-state index in [0.717, 1.165) is 13.0 Å². The summed E-state index contributed by atoms with van der Waals surface area (Å²) >= 11 is 0. The smallest absolute Gasteiger partial charge is 0.270 e. The summed E-state index contributed by atoms with van der Waals surface area (Å²) in [6.45, 7) is 6.17. The Morgan fingerprint density at radius 1 is 1.42 bits per heavy atom. The number of nitrogens with one attached hydrogen (secondary N) is 2. The predicted octanol–water partition coefficient (Wildman–Crippen LogP) is 1.31. The summed E-state index contributed by atoms with van der Waals surface area (Å²) in [5.41, 5.74) is 0.380. The lowest BCUT2D eigenvalue weighted by atomic mass is 10.2. The Hall–Kier alpha value is -1.69. The van der Waals surface area contributed by atoms with Crippen LogP contribution in [0.1, 0.15) is 30.8 Å². The minimum atomic E-state index is -0.170. The van der Waals surface area contributed by atoms with Crippen molar-refractivity contribution in [3.63, 3.8) is 0 Å². The summed E-state index contributed by atoms with van der Waals surface area (Å²) in [5, 5.41) is 5.95. The van der Waals surface area contributed by atoms with E-state index in [1.165, 1.54) is 6.33 Å². The van der Waals surface area contributed by atoms with Crippen LogP contribution in [-0.4, -0.2) is 42.7 Å². The molecule has 0 radical (unpaired) electrons. The summed E-state index contributed by atoms with van der Waals surface area (Å²) in [7, 11) is 1.67. The van der Waals surface area contributed by atoms with Crippen molar-refractivity contribution >= 4 is 11.7 Å². The molecule has 6 heteroatoms. The molecule has 6 nitrogen and oxygen atoms in total. The third-order valence-corrected chi connectivity index (χ3v) is 2.40. The van der Waals surface area contributed by atoms with Crippen LogP contribution in [0.15, 0.2) is 12.4 Å². The molecular weight excluding hydrogens is 244 g/mol. The van der Waals surface area contributed by atoms with Gasteiger partial charge >= 0.3 is 0 Å². The van der Waals surface area contributed by atoms with Gasteiger partial charge in [0, 0.05) is 32.9 Å². The Morgan fingerprint density at radius 3 is 2.89 bits per heavy atom. The van der Waals surface area contributed by atoms with E-state index in [1.54, 1.807) is 13.2 Å². The molecule has 19 heavy (non-hydrogen) atoms. The van der Waals surface area contributed by atoms with Gasteiger partial charge in [-0.25, -0.2) is 9.97 Å². The maximum atomic E-state index is 11.8. The average molecular weight is 266 g/mol. The SMILES string of the molecule is COCCCNc1cc(C(=O)NCC(C)C)ncn1.